The molecule has 0 N–H and O–H groups in total. The summed E-state index contributed by atoms with van der Waals surface area (Å²) in [5.74, 6) is 7.13. The van der Waals surface area contributed by atoms with Gasteiger partial charge in [0.2, 0.25) is 0 Å². The van der Waals surface area contributed by atoms with E-state index < -0.39 is 0 Å². The van der Waals surface area contributed by atoms with Gasteiger partial charge in [-0.2, -0.15) is 0 Å². The largest absolute Gasteiger partial charge is 4.00 e. The number of fused-ring (bicyclic) bond motifs is 3. The topological polar surface area (TPSA) is 0 Å². The van der Waals surface area contributed by atoms with Gasteiger partial charge in [0.25, 0.3) is 0 Å². The number of hydrogen-bond acceptors (Lipinski definition) is 0. The smallest absolute Gasteiger partial charge is 0.358 e. The van der Waals surface area contributed by atoms with Crippen LogP contribution in [0.4, 0.5) is 0 Å². The van der Waals surface area contributed by atoms with Crippen molar-refractivity contribution in [2.75, 3.05) is 0 Å². The second-order valence-corrected chi connectivity index (χ2v) is 11.6. The fraction of sp³-hybridized carbons (Fsp3) is 0.625. The minimum absolute atomic E-state index is 0. The van der Waals surface area contributed by atoms with Gasteiger partial charge in [-0.15, -0.1) is 0 Å². The Bertz CT molecular complexity index is 637. The first kappa shape index (κ1) is 37.4. The van der Waals surface area contributed by atoms with E-state index >= 15 is 0 Å². The average molecular weight is 619 g/mol. The average Bonchev–Trinajstić information content (AvgIpc) is 3.13. The Labute approximate surface area is 229 Å². The molecule has 0 radical (unpaired) electrons. The van der Waals surface area contributed by atoms with Crippen LogP contribution < -0.4 is 0 Å². The van der Waals surface area contributed by atoms with Crippen molar-refractivity contribution < 1.29 is 25.8 Å². The van der Waals surface area contributed by atoms with Gasteiger partial charge in [0.15, 0.2) is 0 Å². The predicted molar refractivity (Wildman–Crippen MR) is 150 cm³/mol. The number of allylic oxidation sites excluding steroid dienone is 1. The van der Waals surface area contributed by atoms with E-state index in [-0.39, 0.29) is 55.5 Å². The van der Waals surface area contributed by atoms with Crippen molar-refractivity contribution >= 4 is 6.08 Å². The molecule has 1 heteroatoms. The molecule has 2 fully saturated rings. The van der Waals surface area contributed by atoms with Crippen LogP contribution in [0.1, 0.15) is 91.7 Å². The van der Waals surface area contributed by atoms with Gasteiger partial charge >= 0.3 is 25.8 Å². The summed E-state index contributed by atoms with van der Waals surface area (Å²) in [6.07, 6.45) is 8.96. The molecule has 1 aromatic rings. The van der Waals surface area contributed by atoms with Gasteiger partial charge in [-0.3, -0.25) is 0 Å². The Kier molecular flexibility index (Phi) is 17.1. The van der Waals surface area contributed by atoms with Crippen LogP contribution in [0.2, 0.25) is 0 Å². The van der Waals surface area contributed by atoms with E-state index in [0.717, 1.165) is 47.3 Å². The summed E-state index contributed by atoms with van der Waals surface area (Å²) in [6.45, 7) is 19.1. The molecule has 3 unspecified atom stereocenters. The molecule has 0 bridgehead atoms. The van der Waals surface area contributed by atoms with Crippen LogP contribution in [0, 0.1) is 76.5 Å². The van der Waals surface area contributed by atoms with E-state index in [9.17, 15) is 0 Å². The summed E-state index contributed by atoms with van der Waals surface area (Å²) < 4.78 is 0. The standard InChI is InChI=1S/C18H24.C10H20.4CH3.Hf/c1-18(2,3)12-15-11-10-14-9-8-13-6-4-5-7-16(13)17(14)15;1-6-7(2)9(4)10(5)8(6)3;;;;;/h4-9,14-15,17H,10-12H2,1-3H3;6-10H,1-5H3;4*1H3;/q;;4*-1;+4. The van der Waals surface area contributed by atoms with Crippen LogP contribution in [-0.4, -0.2) is 0 Å². The summed E-state index contributed by atoms with van der Waals surface area (Å²) in [6, 6.07) is 9.00. The fourth-order valence-electron chi connectivity index (χ4n) is 6.42. The molecule has 0 heterocycles. The third kappa shape index (κ3) is 8.47. The molecule has 3 aliphatic carbocycles. The zero-order valence-corrected chi connectivity index (χ0v) is 27.8. The molecule has 33 heavy (non-hydrogen) atoms. The second-order valence-electron chi connectivity index (χ2n) is 11.6. The molecular formula is C32H56Hf. The molecule has 0 amide bonds. The fourth-order valence-corrected chi connectivity index (χ4v) is 6.42. The van der Waals surface area contributed by atoms with Crippen LogP contribution in [-0.2, 0) is 25.8 Å². The Hall–Kier alpha value is -0.170. The normalized spacial score (nSPS) is 33.2. The van der Waals surface area contributed by atoms with E-state index in [0.29, 0.717) is 5.41 Å². The van der Waals surface area contributed by atoms with Gasteiger partial charge < -0.3 is 29.7 Å². The summed E-state index contributed by atoms with van der Waals surface area (Å²) >= 11 is 0. The van der Waals surface area contributed by atoms with Crippen molar-refractivity contribution in [2.24, 2.45) is 46.8 Å². The second kappa shape index (κ2) is 15.1. The molecule has 3 aliphatic rings. The minimum Gasteiger partial charge on any atom is -0.358 e. The van der Waals surface area contributed by atoms with Crippen LogP contribution in [0.15, 0.2) is 30.3 Å². The Morgan fingerprint density at radius 2 is 1.18 bits per heavy atom. The van der Waals surface area contributed by atoms with Crippen LogP contribution in [0.25, 0.3) is 6.08 Å². The molecule has 3 atom stereocenters. The zero-order chi connectivity index (χ0) is 20.6. The van der Waals surface area contributed by atoms with Crippen molar-refractivity contribution in [3.05, 3.63) is 71.2 Å². The predicted octanol–water partition coefficient (Wildman–Crippen LogP) is 10.2. The summed E-state index contributed by atoms with van der Waals surface area (Å²) in [7, 11) is 0. The van der Waals surface area contributed by atoms with Crippen molar-refractivity contribution in [3.8, 4) is 0 Å². The minimum atomic E-state index is 0. The SMILES string of the molecule is CC(C)(C)CC1CCC2C=Cc3ccccc3C21.CC1C(C)C(C)C(C)C1C.[CH3-].[CH3-].[CH3-].[CH3-].[Hf+4]. The van der Waals surface area contributed by atoms with Crippen LogP contribution >= 0.6 is 0 Å². The zero-order valence-electron chi connectivity index (χ0n) is 24.2. The van der Waals surface area contributed by atoms with E-state index in [1.165, 1.54) is 24.8 Å². The van der Waals surface area contributed by atoms with Gasteiger partial charge in [-0.05, 0) is 83.1 Å². The molecule has 1 aromatic carbocycles. The van der Waals surface area contributed by atoms with E-state index in [1.807, 2.05) is 0 Å². The maximum Gasteiger partial charge on any atom is 4.00 e. The van der Waals surface area contributed by atoms with Crippen molar-refractivity contribution in [3.63, 3.8) is 0 Å². The van der Waals surface area contributed by atoms with E-state index in [4.69, 9.17) is 0 Å². The van der Waals surface area contributed by atoms with Crippen molar-refractivity contribution in [2.45, 2.75) is 80.6 Å². The molecule has 0 aliphatic heterocycles. The maximum absolute atomic E-state index is 2.47. The maximum atomic E-state index is 2.47. The Morgan fingerprint density at radius 1 is 0.727 bits per heavy atom. The number of benzene rings is 1. The molecule has 188 valence electrons. The van der Waals surface area contributed by atoms with Gasteiger partial charge in [0.05, 0.1) is 0 Å². The van der Waals surface area contributed by atoms with Crippen molar-refractivity contribution in [1.82, 2.24) is 0 Å². The molecule has 0 spiro atoms. The first-order valence-electron chi connectivity index (χ1n) is 11.9. The third-order valence-electron chi connectivity index (χ3n) is 8.74. The summed E-state index contributed by atoms with van der Waals surface area (Å²) in [5, 5.41) is 0. The molecule has 0 saturated heterocycles. The molecule has 2 saturated carbocycles. The monoisotopic (exact) mass is 620 g/mol. The van der Waals surface area contributed by atoms with Gasteiger partial charge in [-0.1, -0.05) is 91.8 Å². The van der Waals surface area contributed by atoms with E-state index in [2.05, 4.69) is 91.8 Å². The van der Waals surface area contributed by atoms with E-state index in [1.54, 1.807) is 5.56 Å². The Balaban J connectivity index is -0.000000530. The summed E-state index contributed by atoms with van der Waals surface area (Å²) in [5.41, 5.74) is 3.52. The quantitative estimate of drug-likeness (QED) is 0.217. The van der Waals surface area contributed by atoms with Crippen LogP contribution in [0.3, 0.4) is 0 Å². The summed E-state index contributed by atoms with van der Waals surface area (Å²) in [4.78, 5) is 0. The van der Waals surface area contributed by atoms with Gasteiger partial charge in [-0.25, -0.2) is 0 Å². The van der Waals surface area contributed by atoms with Gasteiger partial charge in [0, 0.05) is 0 Å². The van der Waals surface area contributed by atoms with Crippen LogP contribution in [0.5, 0.6) is 0 Å². The van der Waals surface area contributed by atoms with Crippen molar-refractivity contribution in [1.29, 1.82) is 0 Å². The first-order valence-corrected chi connectivity index (χ1v) is 11.9. The molecule has 0 nitrogen and oxygen atoms in total. The first-order chi connectivity index (χ1) is 13.1. The molecular weight excluding hydrogens is 563 g/mol. The Morgan fingerprint density at radius 3 is 1.64 bits per heavy atom. The molecule has 0 aromatic heterocycles. The van der Waals surface area contributed by atoms with Gasteiger partial charge in [0.1, 0.15) is 0 Å². The number of hydrogen-bond donors (Lipinski definition) is 0. The number of rotatable bonds is 1. The molecule has 4 rings (SSSR count). The third-order valence-corrected chi connectivity index (χ3v) is 8.74.